The topological polar surface area (TPSA) is 37.4 Å². The monoisotopic (exact) mass is 355 g/mol. The predicted octanol–water partition coefficient (Wildman–Crippen LogP) is 3.93. The Balaban J connectivity index is 1.70. The lowest BCUT2D eigenvalue weighted by molar-refractivity contribution is 0.248. The van der Waals surface area contributed by atoms with E-state index in [-0.39, 0.29) is 10.8 Å². The lowest BCUT2D eigenvalue weighted by Crippen LogP contribution is -2.40. The fourth-order valence-electron chi connectivity index (χ4n) is 3.27. The van der Waals surface area contributed by atoms with Crippen LogP contribution >= 0.6 is 11.6 Å². The molecule has 6 heteroatoms. The third kappa shape index (κ3) is 3.52. The lowest BCUT2D eigenvalue weighted by Gasteiger charge is -2.35. The van der Waals surface area contributed by atoms with Gasteiger partial charge in [-0.05, 0) is 43.4 Å². The Kier molecular flexibility index (Phi) is 4.90. The van der Waals surface area contributed by atoms with Gasteiger partial charge in [0.05, 0.1) is 4.90 Å². The molecule has 0 bridgehead atoms. The minimum atomic E-state index is -3.62. The van der Waals surface area contributed by atoms with Crippen molar-refractivity contribution in [3.8, 4) is 0 Å². The van der Waals surface area contributed by atoms with E-state index in [4.69, 9.17) is 11.6 Å². The highest BCUT2D eigenvalue weighted by molar-refractivity contribution is 7.89. The molecule has 0 aromatic heterocycles. The molecular weight excluding hydrogens is 337 g/mol. The lowest BCUT2D eigenvalue weighted by atomic mass is 9.82. The molecule has 124 valence electrons. The second-order valence-corrected chi connectivity index (χ2v) is 8.35. The number of piperidine rings is 1. The van der Waals surface area contributed by atoms with Crippen molar-refractivity contribution in [2.75, 3.05) is 13.1 Å². The van der Waals surface area contributed by atoms with Gasteiger partial charge in [0.2, 0.25) is 10.0 Å². The Morgan fingerprint density at radius 3 is 2.61 bits per heavy atom. The van der Waals surface area contributed by atoms with Crippen molar-refractivity contribution in [3.05, 3.63) is 53.3 Å². The summed E-state index contributed by atoms with van der Waals surface area (Å²) in [5, 5.41) is 0.860. The van der Waals surface area contributed by atoms with Crippen LogP contribution in [0.15, 0.2) is 52.4 Å². The van der Waals surface area contributed by atoms with Gasteiger partial charge in [0.25, 0.3) is 0 Å². The summed E-state index contributed by atoms with van der Waals surface area (Å²) in [6.45, 7) is 0.885. The Bertz CT molecular complexity index is 737. The van der Waals surface area contributed by atoms with E-state index in [1.807, 2.05) is 6.08 Å². The normalized spacial score (nSPS) is 23.7. The number of benzene rings is 1. The summed E-state index contributed by atoms with van der Waals surface area (Å²) in [6.07, 6.45) is 8.63. The van der Waals surface area contributed by atoms with Crippen molar-refractivity contribution < 1.29 is 12.8 Å². The van der Waals surface area contributed by atoms with E-state index in [0.29, 0.717) is 19.0 Å². The van der Waals surface area contributed by atoms with E-state index in [1.54, 1.807) is 0 Å². The minimum absolute atomic E-state index is 0.0199. The molecule has 2 aliphatic rings. The Morgan fingerprint density at radius 1 is 1.22 bits per heavy atom. The molecule has 0 saturated carbocycles. The predicted molar refractivity (Wildman–Crippen MR) is 89.1 cm³/mol. The van der Waals surface area contributed by atoms with E-state index in [9.17, 15) is 12.8 Å². The van der Waals surface area contributed by atoms with Crippen LogP contribution < -0.4 is 0 Å². The van der Waals surface area contributed by atoms with Crippen molar-refractivity contribution in [1.29, 1.82) is 0 Å². The van der Waals surface area contributed by atoms with E-state index in [1.165, 1.54) is 22.5 Å². The van der Waals surface area contributed by atoms with Gasteiger partial charge in [-0.2, -0.15) is 4.31 Å². The van der Waals surface area contributed by atoms with Gasteiger partial charge < -0.3 is 0 Å². The summed E-state index contributed by atoms with van der Waals surface area (Å²) in [5.74, 6) is 0.0175. The molecule has 1 aliphatic heterocycles. The van der Waals surface area contributed by atoms with Crippen molar-refractivity contribution in [2.45, 2.75) is 24.2 Å². The molecule has 0 radical (unpaired) electrons. The molecular formula is C17H19ClFNO2S. The van der Waals surface area contributed by atoms with Crippen molar-refractivity contribution in [3.63, 3.8) is 0 Å². The van der Waals surface area contributed by atoms with Crippen LogP contribution in [0.1, 0.15) is 19.3 Å². The molecule has 0 amide bonds. The van der Waals surface area contributed by atoms with Gasteiger partial charge in [0.15, 0.2) is 0 Å². The summed E-state index contributed by atoms with van der Waals surface area (Å²) >= 11 is 6.29. The third-order valence-electron chi connectivity index (χ3n) is 4.55. The van der Waals surface area contributed by atoms with Crippen molar-refractivity contribution in [1.82, 2.24) is 4.31 Å². The first-order valence-electron chi connectivity index (χ1n) is 7.76. The molecule has 1 heterocycles. The van der Waals surface area contributed by atoms with Crippen LogP contribution in [0.3, 0.4) is 0 Å². The summed E-state index contributed by atoms with van der Waals surface area (Å²) in [4.78, 5) is 0.0199. The molecule has 1 aromatic rings. The third-order valence-corrected chi connectivity index (χ3v) is 6.85. The molecule has 3 rings (SSSR count). The summed E-state index contributed by atoms with van der Waals surface area (Å²) in [5.41, 5.74) is 0. The van der Waals surface area contributed by atoms with Crippen LogP contribution in [0.2, 0.25) is 0 Å². The molecule has 23 heavy (non-hydrogen) atoms. The van der Waals surface area contributed by atoms with Gasteiger partial charge in [-0.15, -0.1) is 0 Å². The van der Waals surface area contributed by atoms with Gasteiger partial charge in [0, 0.05) is 24.0 Å². The Labute approximate surface area is 141 Å². The van der Waals surface area contributed by atoms with Gasteiger partial charge in [-0.3, -0.25) is 0 Å². The maximum Gasteiger partial charge on any atom is 0.243 e. The van der Waals surface area contributed by atoms with Crippen LogP contribution in [-0.2, 0) is 10.0 Å². The van der Waals surface area contributed by atoms with Gasteiger partial charge >= 0.3 is 0 Å². The highest BCUT2D eigenvalue weighted by Gasteiger charge is 2.33. The largest absolute Gasteiger partial charge is 0.243 e. The molecule has 1 aromatic carbocycles. The highest BCUT2D eigenvalue weighted by Crippen LogP contribution is 2.36. The standard InChI is InChI=1S/C17H19ClFNO2S/c18-17-7-2-1-6-16(17)13-8-10-20(11-9-13)23(21,22)15-5-3-4-14(19)12-15/h1,3-7,12-13,16H,2,8-11H2. The number of rotatable bonds is 3. The second kappa shape index (κ2) is 6.75. The van der Waals surface area contributed by atoms with E-state index in [2.05, 4.69) is 12.2 Å². The first kappa shape index (κ1) is 16.7. The van der Waals surface area contributed by atoms with E-state index in [0.717, 1.165) is 30.4 Å². The zero-order chi connectivity index (χ0) is 16.4. The SMILES string of the molecule is O=S(=O)(c1cccc(F)c1)N1CCC(C2C=CCC=C2Cl)CC1. The first-order chi connectivity index (χ1) is 11.0. The average Bonchev–Trinajstić information content (AvgIpc) is 2.55. The fraction of sp³-hybridized carbons (Fsp3) is 0.412. The van der Waals surface area contributed by atoms with Gasteiger partial charge in [-0.25, -0.2) is 12.8 Å². The Morgan fingerprint density at radius 2 is 1.96 bits per heavy atom. The first-order valence-corrected chi connectivity index (χ1v) is 9.58. The number of sulfonamides is 1. The molecule has 1 saturated heterocycles. The molecule has 1 aliphatic carbocycles. The van der Waals surface area contributed by atoms with Crippen LogP contribution in [-0.4, -0.2) is 25.8 Å². The molecule has 1 fully saturated rings. The van der Waals surface area contributed by atoms with Crippen LogP contribution in [0.25, 0.3) is 0 Å². The maximum atomic E-state index is 13.3. The number of nitrogens with zero attached hydrogens (tertiary/aromatic N) is 1. The average molecular weight is 356 g/mol. The van der Waals surface area contributed by atoms with Crippen molar-refractivity contribution >= 4 is 21.6 Å². The molecule has 1 atom stereocenters. The zero-order valence-corrected chi connectivity index (χ0v) is 14.2. The Hall–Kier alpha value is -1.17. The molecule has 3 nitrogen and oxygen atoms in total. The summed E-state index contributed by atoms with van der Waals surface area (Å²) in [6, 6.07) is 5.18. The van der Waals surface area contributed by atoms with E-state index < -0.39 is 15.8 Å². The molecule has 0 N–H and O–H groups in total. The van der Waals surface area contributed by atoms with Crippen LogP contribution in [0.5, 0.6) is 0 Å². The second-order valence-electron chi connectivity index (χ2n) is 5.98. The van der Waals surface area contributed by atoms with Gasteiger partial charge in [0.1, 0.15) is 5.82 Å². The molecule has 1 unspecified atom stereocenters. The number of hydrogen-bond donors (Lipinski definition) is 0. The smallest absolute Gasteiger partial charge is 0.207 e. The minimum Gasteiger partial charge on any atom is -0.207 e. The summed E-state index contributed by atoms with van der Waals surface area (Å²) in [7, 11) is -3.62. The highest BCUT2D eigenvalue weighted by atomic mass is 35.5. The summed E-state index contributed by atoms with van der Waals surface area (Å²) < 4.78 is 39.9. The van der Waals surface area contributed by atoms with E-state index >= 15 is 0 Å². The fourth-order valence-corrected chi connectivity index (χ4v) is 5.11. The van der Waals surface area contributed by atoms with Gasteiger partial charge in [-0.1, -0.05) is 35.9 Å². The number of hydrogen-bond acceptors (Lipinski definition) is 2. The quantitative estimate of drug-likeness (QED) is 0.770. The maximum absolute atomic E-state index is 13.3. The number of allylic oxidation sites excluding steroid dienone is 4. The van der Waals surface area contributed by atoms with Crippen LogP contribution in [0.4, 0.5) is 4.39 Å². The molecule has 0 spiro atoms. The number of halogens is 2. The zero-order valence-electron chi connectivity index (χ0n) is 12.7. The van der Waals surface area contributed by atoms with Crippen LogP contribution in [0, 0.1) is 17.7 Å². The van der Waals surface area contributed by atoms with Crippen molar-refractivity contribution in [2.24, 2.45) is 11.8 Å².